The van der Waals surface area contributed by atoms with Crippen molar-refractivity contribution >= 4 is 27.5 Å². The summed E-state index contributed by atoms with van der Waals surface area (Å²) in [7, 11) is 0. The first kappa shape index (κ1) is 9.62. The molecule has 1 aromatic rings. The number of benzene rings is 1. The van der Waals surface area contributed by atoms with Gasteiger partial charge in [-0.05, 0) is 30.3 Å². The van der Waals surface area contributed by atoms with Crippen molar-refractivity contribution < 1.29 is 4.74 Å². The van der Waals surface area contributed by atoms with Gasteiger partial charge in [-0.3, -0.25) is 0 Å². The molecule has 0 N–H and O–H groups in total. The second-order valence-corrected chi connectivity index (χ2v) is 3.29. The van der Waals surface area contributed by atoms with Crippen molar-refractivity contribution in [2.45, 2.75) is 0 Å². The number of ether oxygens (including phenoxy) is 1. The average Bonchev–Trinajstić information content (AvgIpc) is 2.09. The standard InChI is InChI=1S/C9H8BrClO/c10-8-2-4-9(5-3-8)12-7-1-6-11/h1-6H,7H2/b6-1+. The van der Waals surface area contributed by atoms with E-state index >= 15 is 0 Å². The van der Waals surface area contributed by atoms with Gasteiger partial charge in [0.25, 0.3) is 0 Å². The average molecular weight is 248 g/mol. The van der Waals surface area contributed by atoms with E-state index in [1.54, 1.807) is 6.08 Å². The number of rotatable bonds is 3. The maximum absolute atomic E-state index is 5.32. The topological polar surface area (TPSA) is 9.23 Å². The molecule has 0 spiro atoms. The first-order valence-corrected chi connectivity index (χ1v) is 4.69. The molecule has 64 valence electrons. The summed E-state index contributed by atoms with van der Waals surface area (Å²) in [5.41, 5.74) is 1.44. The molecule has 1 nitrogen and oxygen atoms in total. The van der Waals surface area contributed by atoms with Crippen LogP contribution in [0, 0.1) is 0 Å². The lowest BCUT2D eigenvalue weighted by molar-refractivity contribution is 0.363. The predicted octanol–water partition coefficient (Wildman–Crippen LogP) is 3.58. The fourth-order valence-electron chi connectivity index (χ4n) is 0.712. The lowest BCUT2D eigenvalue weighted by Crippen LogP contribution is -1.91. The van der Waals surface area contributed by atoms with Crippen LogP contribution in [0.5, 0.6) is 5.75 Å². The van der Waals surface area contributed by atoms with E-state index in [0.717, 1.165) is 10.2 Å². The summed E-state index contributed by atoms with van der Waals surface area (Å²) >= 11 is 8.66. The van der Waals surface area contributed by atoms with E-state index in [1.807, 2.05) is 24.3 Å². The lowest BCUT2D eigenvalue weighted by Gasteiger charge is -2.01. The smallest absolute Gasteiger partial charge is 0.119 e. The highest BCUT2D eigenvalue weighted by molar-refractivity contribution is 9.10. The van der Waals surface area contributed by atoms with E-state index < -0.39 is 0 Å². The minimum Gasteiger partial charge on any atom is -0.490 e. The number of hydrogen-bond donors (Lipinski definition) is 0. The third-order valence-corrected chi connectivity index (χ3v) is 1.96. The molecule has 0 aromatic heterocycles. The molecule has 0 radical (unpaired) electrons. The van der Waals surface area contributed by atoms with Crippen LogP contribution in [0.2, 0.25) is 0 Å². The minimum atomic E-state index is 0.505. The van der Waals surface area contributed by atoms with E-state index in [0.29, 0.717) is 6.61 Å². The molecule has 0 amide bonds. The summed E-state index contributed by atoms with van der Waals surface area (Å²) in [5.74, 6) is 0.841. The first-order chi connectivity index (χ1) is 5.83. The molecule has 3 heteroatoms. The van der Waals surface area contributed by atoms with Gasteiger partial charge >= 0.3 is 0 Å². The molecular weight excluding hydrogens is 239 g/mol. The van der Waals surface area contributed by atoms with E-state index in [4.69, 9.17) is 16.3 Å². The molecule has 0 unspecified atom stereocenters. The van der Waals surface area contributed by atoms with Gasteiger partial charge in [0.05, 0.1) is 0 Å². The fourth-order valence-corrected chi connectivity index (χ4v) is 1.05. The van der Waals surface area contributed by atoms with Gasteiger partial charge in [-0.15, -0.1) is 0 Å². The maximum Gasteiger partial charge on any atom is 0.119 e. The predicted molar refractivity (Wildman–Crippen MR) is 54.6 cm³/mol. The Morgan fingerprint density at radius 1 is 1.33 bits per heavy atom. The fraction of sp³-hybridized carbons (Fsp3) is 0.111. The van der Waals surface area contributed by atoms with Crippen LogP contribution in [0.1, 0.15) is 0 Å². The highest BCUT2D eigenvalue weighted by Gasteiger charge is 1.90. The van der Waals surface area contributed by atoms with Crippen LogP contribution in [0.4, 0.5) is 0 Å². The zero-order valence-corrected chi connectivity index (χ0v) is 8.68. The molecule has 0 aliphatic heterocycles. The van der Waals surface area contributed by atoms with Gasteiger partial charge in [0, 0.05) is 10.0 Å². The molecule has 0 bridgehead atoms. The molecule has 1 aromatic carbocycles. The summed E-state index contributed by atoms with van der Waals surface area (Å²) in [6, 6.07) is 7.65. The molecule has 0 atom stereocenters. The molecule has 0 aliphatic rings. The molecule has 1 rings (SSSR count). The van der Waals surface area contributed by atoms with E-state index in [-0.39, 0.29) is 0 Å². The molecule has 0 saturated heterocycles. The van der Waals surface area contributed by atoms with Gasteiger partial charge in [-0.25, -0.2) is 0 Å². The van der Waals surface area contributed by atoms with E-state index in [2.05, 4.69) is 15.9 Å². The summed E-state index contributed by atoms with van der Waals surface area (Å²) in [4.78, 5) is 0. The molecule has 0 heterocycles. The quantitative estimate of drug-likeness (QED) is 0.793. The third kappa shape index (κ3) is 3.28. The summed E-state index contributed by atoms with van der Waals surface area (Å²) in [5, 5.41) is 0. The van der Waals surface area contributed by atoms with E-state index in [9.17, 15) is 0 Å². The van der Waals surface area contributed by atoms with Crippen LogP contribution in [0.3, 0.4) is 0 Å². The zero-order valence-electron chi connectivity index (χ0n) is 6.34. The summed E-state index contributed by atoms with van der Waals surface area (Å²) in [6.45, 7) is 0.505. The van der Waals surface area contributed by atoms with Crippen LogP contribution in [0.25, 0.3) is 0 Å². The summed E-state index contributed by atoms with van der Waals surface area (Å²) < 4.78 is 6.35. The van der Waals surface area contributed by atoms with Crippen LogP contribution in [-0.2, 0) is 0 Å². The molecule has 12 heavy (non-hydrogen) atoms. The van der Waals surface area contributed by atoms with Crippen molar-refractivity contribution in [2.24, 2.45) is 0 Å². The Hall–Kier alpha value is -0.470. The minimum absolute atomic E-state index is 0.505. The van der Waals surface area contributed by atoms with Gasteiger partial charge in [0.2, 0.25) is 0 Å². The van der Waals surface area contributed by atoms with Crippen molar-refractivity contribution in [1.82, 2.24) is 0 Å². The normalized spacial score (nSPS) is 10.5. The molecule has 0 fully saturated rings. The Bertz CT molecular complexity index is 256. The highest BCUT2D eigenvalue weighted by atomic mass is 79.9. The zero-order chi connectivity index (χ0) is 8.81. The third-order valence-electron chi connectivity index (χ3n) is 1.25. The van der Waals surface area contributed by atoms with Crippen LogP contribution in [-0.4, -0.2) is 6.61 Å². The lowest BCUT2D eigenvalue weighted by atomic mass is 10.3. The maximum atomic E-state index is 5.32. The van der Waals surface area contributed by atoms with Gasteiger partial charge < -0.3 is 4.74 Å². The largest absolute Gasteiger partial charge is 0.490 e. The Kier molecular flexibility index (Phi) is 4.19. The molecule has 0 saturated carbocycles. The van der Waals surface area contributed by atoms with Crippen LogP contribution >= 0.6 is 27.5 Å². The molecule has 0 aliphatic carbocycles. The van der Waals surface area contributed by atoms with Gasteiger partial charge in [0.15, 0.2) is 0 Å². The van der Waals surface area contributed by atoms with Crippen molar-refractivity contribution in [1.29, 1.82) is 0 Å². The van der Waals surface area contributed by atoms with Crippen LogP contribution in [0.15, 0.2) is 40.3 Å². The van der Waals surface area contributed by atoms with Gasteiger partial charge in [-0.2, -0.15) is 0 Å². The van der Waals surface area contributed by atoms with Crippen molar-refractivity contribution in [2.75, 3.05) is 6.61 Å². The Morgan fingerprint density at radius 2 is 2.00 bits per heavy atom. The first-order valence-electron chi connectivity index (χ1n) is 3.46. The van der Waals surface area contributed by atoms with Crippen molar-refractivity contribution in [3.63, 3.8) is 0 Å². The van der Waals surface area contributed by atoms with Crippen molar-refractivity contribution in [3.8, 4) is 5.75 Å². The summed E-state index contributed by atoms with van der Waals surface area (Å²) in [6.07, 6.45) is 1.74. The van der Waals surface area contributed by atoms with Crippen LogP contribution < -0.4 is 4.74 Å². The highest BCUT2D eigenvalue weighted by Crippen LogP contribution is 2.15. The number of halogens is 2. The Labute approximate surface area is 85.1 Å². The molecular formula is C9H8BrClO. The Balaban J connectivity index is 2.47. The number of hydrogen-bond acceptors (Lipinski definition) is 1. The van der Waals surface area contributed by atoms with Crippen molar-refractivity contribution in [3.05, 3.63) is 40.3 Å². The van der Waals surface area contributed by atoms with Gasteiger partial charge in [-0.1, -0.05) is 27.5 Å². The second kappa shape index (κ2) is 5.22. The van der Waals surface area contributed by atoms with E-state index in [1.165, 1.54) is 5.54 Å². The van der Waals surface area contributed by atoms with Gasteiger partial charge in [0.1, 0.15) is 12.4 Å². The monoisotopic (exact) mass is 246 g/mol. The second-order valence-electron chi connectivity index (χ2n) is 2.13. The SMILES string of the molecule is Cl/C=C/COc1ccc(Br)cc1. The Morgan fingerprint density at radius 3 is 2.58 bits per heavy atom.